The van der Waals surface area contributed by atoms with Crippen molar-refractivity contribution < 1.29 is 14.3 Å². The van der Waals surface area contributed by atoms with E-state index in [9.17, 15) is 9.59 Å². The number of benzene rings is 1. The molecule has 2 heterocycles. The van der Waals surface area contributed by atoms with E-state index in [0.29, 0.717) is 29.5 Å². The number of methoxy groups -OCH3 is 1. The van der Waals surface area contributed by atoms with Crippen LogP contribution in [0.4, 0.5) is 0 Å². The summed E-state index contributed by atoms with van der Waals surface area (Å²) in [4.78, 5) is 29.1. The highest BCUT2D eigenvalue weighted by Gasteiger charge is 2.18. The lowest BCUT2D eigenvalue weighted by molar-refractivity contribution is -0.130. The fraction of sp³-hybridized carbons (Fsp3) is 0.500. The third kappa shape index (κ3) is 4.68. The second kappa shape index (κ2) is 9.34. The summed E-state index contributed by atoms with van der Waals surface area (Å²) in [5.74, 6) is 1.62. The molecule has 0 spiro atoms. The van der Waals surface area contributed by atoms with E-state index in [-0.39, 0.29) is 30.0 Å². The van der Waals surface area contributed by atoms with Crippen molar-refractivity contribution in [1.29, 1.82) is 0 Å². The van der Waals surface area contributed by atoms with Gasteiger partial charge in [-0.05, 0) is 37.5 Å². The molecule has 2 aromatic rings. The van der Waals surface area contributed by atoms with Crippen molar-refractivity contribution in [2.75, 3.05) is 26.8 Å². The minimum atomic E-state index is -0.329. The lowest BCUT2D eigenvalue weighted by atomic mass is 10.2. The predicted molar refractivity (Wildman–Crippen MR) is 105 cm³/mol. The molecule has 3 rings (SSSR count). The van der Waals surface area contributed by atoms with Crippen molar-refractivity contribution in [3.05, 3.63) is 34.2 Å². The number of H-pyrrole nitrogens is 1. The molecule has 1 N–H and O–H groups in total. The molecular weight excluding hydrogens is 360 g/mol. The maximum atomic E-state index is 12.4. The Balaban J connectivity index is 1.71. The second-order valence-electron chi connectivity index (χ2n) is 6.75. The van der Waals surface area contributed by atoms with Crippen molar-refractivity contribution >= 4 is 5.91 Å². The first kappa shape index (κ1) is 19.9. The summed E-state index contributed by atoms with van der Waals surface area (Å²) in [5, 5.41) is 8.17. The molecule has 0 aliphatic carbocycles. The van der Waals surface area contributed by atoms with Crippen molar-refractivity contribution in [2.24, 2.45) is 0 Å². The van der Waals surface area contributed by atoms with Gasteiger partial charge in [-0.1, -0.05) is 6.92 Å². The predicted octanol–water partition coefficient (Wildman–Crippen LogP) is 2.18. The third-order valence-electron chi connectivity index (χ3n) is 4.70. The summed E-state index contributed by atoms with van der Waals surface area (Å²) >= 11 is 0. The fourth-order valence-corrected chi connectivity index (χ4v) is 3.15. The largest absolute Gasteiger partial charge is 0.493 e. The number of carbonyl (C=O) groups is 1. The zero-order chi connectivity index (χ0) is 19.9. The van der Waals surface area contributed by atoms with Crippen LogP contribution in [0.25, 0.3) is 11.4 Å². The zero-order valence-corrected chi connectivity index (χ0v) is 16.4. The number of aryl methyl sites for hydroxylation is 1. The maximum absolute atomic E-state index is 12.4. The summed E-state index contributed by atoms with van der Waals surface area (Å²) in [6.07, 6.45) is 3.55. The summed E-state index contributed by atoms with van der Waals surface area (Å²) in [5.41, 5.74) is 0.612. The van der Waals surface area contributed by atoms with E-state index < -0.39 is 0 Å². The first-order chi connectivity index (χ1) is 13.6. The Morgan fingerprint density at radius 1 is 1.21 bits per heavy atom. The van der Waals surface area contributed by atoms with Gasteiger partial charge >= 0.3 is 0 Å². The highest BCUT2D eigenvalue weighted by atomic mass is 16.5. The normalized spacial score (nSPS) is 13.6. The lowest BCUT2D eigenvalue weighted by Crippen LogP contribution is -2.28. The maximum Gasteiger partial charge on any atom is 0.273 e. The van der Waals surface area contributed by atoms with Gasteiger partial charge in [0.1, 0.15) is 5.69 Å². The van der Waals surface area contributed by atoms with Crippen molar-refractivity contribution in [2.45, 2.75) is 39.0 Å². The molecule has 0 unspecified atom stereocenters. The molecule has 1 aliphatic rings. The number of aromatic amines is 1. The topological polar surface area (TPSA) is 97.4 Å². The second-order valence-corrected chi connectivity index (χ2v) is 6.75. The number of hydrogen-bond acceptors (Lipinski definition) is 6. The Labute approximate surface area is 163 Å². The van der Waals surface area contributed by atoms with Crippen LogP contribution in [0.3, 0.4) is 0 Å². The van der Waals surface area contributed by atoms with E-state index in [0.717, 1.165) is 32.4 Å². The van der Waals surface area contributed by atoms with Crippen LogP contribution in [0.15, 0.2) is 23.0 Å². The third-order valence-corrected chi connectivity index (χ3v) is 4.70. The molecule has 0 bridgehead atoms. The number of aromatic nitrogens is 3. The average molecular weight is 386 g/mol. The number of nitrogens with zero attached hydrogens (tertiary/aromatic N) is 3. The summed E-state index contributed by atoms with van der Waals surface area (Å²) in [7, 11) is 1.56. The molecule has 8 nitrogen and oxygen atoms in total. The Hall–Kier alpha value is -2.90. The number of carbonyl (C=O) groups excluding carboxylic acids is 1. The number of ether oxygens (including phenoxy) is 2. The minimum absolute atomic E-state index is 0.0650. The molecule has 150 valence electrons. The summed E-state index contributed by atoms with van der Waals surface area (Å²) < 4.78 is 11.0. The van der Waals surface area contributed by atoms with Gasteiger partial charge in [-0.25, -0.2) is 0 Å². The first-order valence-electron chi connectivity index (χ1n) is 9.67. The number of likely N-dealkylation sites (tertiary alicyclic amines) is 1. The van der Waals surface area contributed by atoms with Crippen molar-refractivity contribution in [1.82, 2.24) is 20.1 Å². The Morgan fingerprint density at radius 3 is 2.68 bits per heavy atom. The molecule has 8 heteroatoms. The fourth-order valence-electron chi connectivity index (χ4n) is 3.15. The summed E-state index contributed by atoms with van der Waals surface area (Å²) in [6, 6.07) is 5.33. The van der Waals surface area contributed by atoms with Crippen molar-refractivity contribution in [3.8, 4) is 22.9 Å². The van der Waals surface area contributed by atoms with Gasteiger partial charge in [0, 0.05) is 31.5 Å². The molecule has 1 fully saturated rings. The Bertz CT molecular complexity index is 875. The lowest BCUT2D eigenvalue weighted by Gasteiger charge is -2.14. The van der Waals surface area contributed by atoms with E-state index in [1.165, 1.54) is 0 Å². The van der Waals surface area contributed by atoms with Crippen LogP contribution in [0, 0.1) is 0 Å². The number of rotatable bonds is 8. The van der Waals surface area contributed by atoms with Crippen LogP contribution in [0.5, 0.6) is 11.5 Å². The molecule has 1 amide bonds. The standard InChI is InChI=1S/C20H26N4O4/c1-3-12-28-16-8-6-14(13-17(16)27-2)19-21-20(26)15(22-23-19)7-9-18(25)24-10-4-5-11-24/h6,8,13H,3-5,7,9-12H2,1-2H3,(H,21,23,26). The van der Waals surface area contributed by atoms with Gasteiger partial charge in [0.05, 0.1) is 13.7 Å². The highest BCUT2D eigenvalue weighted by molar-refractivity contribution is 5.76. The monoisotopic (exact) mass is 386 g/mol. The molecule has 0 atom stereocenters. The van der Waals surface area contributed by atoms with E-state index in [4.69, 9.17) is 9.47 Å². The molecular formula is C20H26N4O4. The molecule has 28 heavy (non-hydrogen) atoms. The molecule has 1 saturated heterocycles. The molecule has 1 aromatic heterocycles. The smallest absolute Gasteiger partial charge is 0.273 e. The minimum Gasteiger partial charge on any atom is -0.493 e. The van der Waals surface area contributed by atoms with E-state index >= 15 is 0 Å². The van der Waals surface area contributed by atoms with Crippen LogP contribution in [-0.2, 0) is 11.2 Å². The zero-order valence-electron chi connectivity index (χ0n) is 16.4. The average Bonchev–Trinajstić information content (AvgIpc) is 3.26. The number of amides is 1. The number of nitrogens with one attached hydrogen (secondary N) is 1. The molecule has 1 aliphatic heterocycles. The number of hydrogen-bond donors (Lipinski definition) is 1. The van der Waals surface area contributed by atoms with Crippen LogP contribution >= 0.6 is 0 Å². The first-order valence-corrected chi connectivity index (χ1v) is 9.67. The van der Waals surface area contributed by atoms with E-state index in [1.54, 1.807) is 25.3 Å². The Kier molecular flexibility index (Phi) is 6.62. The van der Waals surface area contributed by atoms with Crippen LogP contribution in [0.1, 0.15) is 38.3 Å². The van der Waals surface area contributed by atoms with Gasteiger partial charge in [-0.2, -0.15) is 0 Å². The van der Waals surface area contributed by atoms with Gasteiger partial charge in [0.15, 0.2) is 17.3 Å². The van der Waals surface area contributed by atoms with E-state index in [1.807, 2.05) is 11.8 Å². The van der Waals surface area contributed by atoms with Crippen molar-refractivity contribution in [3.63, 3.8) is 0 Å². The SMILES string of the molecule is CCCOc1ccc(-c2nnc(CCC(=O)N3CCCC3)c(=O)[nH]2)cc1OC. The molecule has 0 radical (unpaired) electrons. The van der Waals surface area contributed by atoms with Gasteiger partial charge < -0.3 is 19.4 Å². The highest BCUT2D eigenvalue weighted by Crippen LogP contribution is 2.31. The van der Waals surface area contributed by atoms with Gasteiger partial charge in [0.2, 0.25) is 5.91 Å². The van der Waals surface area contributed by atoms with Gasteiger partial charge in [-0.3, -0.25) is 9.59 Å². The van der Waals surface area contributed by atoms with Crippen LogP contribution < -0.4 is 15.0 Å². The Morgan fingerprint density at radius 2 is 2.00 bits per heavy atom. The van der Waals surface area contributed by atoms with Gasteiger partial charge in [0.25, 0.3) is 5.56 Å². The van der Waals surface area contributed by atoms with Crippen LogP contribution in [-0.4, -0.2) is 52.8 Å². The molecule has 0 saturated carbocycles. The van der Waals surface area contributed by atoms with Gasteiger partial charge in [-0.15, -0.1) is 10.2 Å². The molecule has 1 aromatic carbocycles. The quantitative estimate of drug-likeness (QED) is 0.747. The summed E-state index contributed by atoms with van der Waals surface area (Å²) in [6.45, 7) is 4.23. The van der Waals surface area contributed by atoms with E-state index in [2.05, 4.69) is 15.2 Å². The van der Waals surface area contributed by atoms with Crippen LogP contribution in [0.2, 0.25) is 0 Å².